The second-order valence-corrected chi connectivity index (χ2v) is 7.68. The predicted molar refractivity (Wildman–Crippen MR) is 115 cm³/mol. The molecular weight excluding hydrogens is 376 g/mol. The van der Waals surface area contributed by atoms with E-state index in [2.05, 4.69) is 10.6 Å². The number of benzene rings is 1. The number of anilines is 2. The number of aryl methyl sites for hydroxylation is 1. The zero-order valence-electron chi connectivity index (χ0n) is 14.6. The summed E-state index contributed by atoms with van der Waals surface area (Å²) in [6.45, 7) is 1.93. The molecule has 3 aromatic rings. The fourth-order valence-electron chi connectivity index (χ4n) is 2.31. The van der Waals surface area contributed by atoms with Gasteiger partial charge in [0.2, 0.25) is 11.8 Å². The number of nitrogens with one attached hydrogen (secondary N) is 2. The highest BCUT2D eigenvalue weighted by Crippen LogP contribution is 2.23. The summed E-state index contributed by atoms with van der Waals surface area (Å²) in [5.74, 6) is -0.504. The SMILES string of the molecule is Cc1ccc(NC(=O)/C=C\c2cccs2)c(NC(=O)/C=C/c2cccs2)c1. The van der Waals surface area contributed by atoms with Crippen molar-refractivity contribution in [1.82, 2.24) is 0 Å². The van der Waals surface area contributed by atoms with Crippen molar-refractivity contribution >= 4 is 58.0 Å². The van der Waals surface area contributed by atoms with Gasteiger partial charge in [-0.2, -0.15) is 0 Å². The molecule has 0 aliphatic carbocycles. The van der Waals surface area contributed by atoms with Crippen molar-refractivity contribution < 1.29 is 9.59 Å². The summed E-state index contributed by atoms with van der Waals surface area (Å²) in [5.41, 5.74) is 2.10. The van der Waals surface area contributed by atoms with Gasteiger partial charge in [0.25, 0.3) is 0 Å². The minimum absolute atomic E-state index is 0.251. The monoisotopic (exact) mass is 394 g/mol. The van der Waals surface area contributed by atoms with Crippen molar-refractivity contribution in [3.63, 3.8) is 0 Å². The zero-order chi connectivity index (χ0) is 19.1. The molecule has 2 amide bonds. The van der Waals surface area contributed by atoms with Gasteiger partial charge in [0, 0.05) is 21.9 Å². The minimum Gasteiger partial charge on any atom is -0.321 e. The molecule has 0 fully saturated rings. The van der Waals surface area contributed by atoms with Crippen LogP contribution in [0.15, 0.2) is 65.4 Å². The van der Waals surface area contributed by atoms with Crippen LogP contribution in [0.2, 0.25) is 0 Å². The van der Waals surface area contributed by atoms with Crippen molar-refractivity contribution in [2.45, 2.75) is 6.92 Å². The molecule has 0 aliphatic rings. The Morgan fingerprint density at radius 2 is 1.37 bits per heavy atom. The third-order valence-electron chi connectivity index (χ3n) is 3.58. The maximum absolute atomic E-state index is 12.2. The summed E-state index contributed by atoms with van der Waals surface area (Å²) in [7, 11) is 0. The Labute approximate surface area is 165 Å². The van der Waals surface area contributed by atoms with Gasteiger partial charge >= 0.3 is 0 Å². The van der Waals surface area contributed by atoms with Crippen LogP contribution in [0.1, 0.15) is 15.3 Å². The zero-order valence-corrected chi connectivity index (χ0v) is 16.3. The van der Waals surface area contributed by atoms with Crippen molar-refractivity contribution in [1.29, 1.82) is 0 Å². The normalized spacial score (nSPS) is 11.1. The lowest BCUT2D eigenvalue weighted by atomic mass is 10.2. The Kier molecular flexibility index (Phi) is 6.35. The molecule has 3 rings (SSSR count). The number of rotatable bonds is 6. The first kappa shape index (κ1) is 18.8. The molecule has 4 nitrogen and oxygen atoms in total. The van der Waals surface area contributed by atoms with Crippen molar-refractivity contribution in [3.8, 4) is 0 Å². The van der Waals surface area contributed by atoms with Crippen molar-refractivity contribution in [2.75, 3.05) is 10.6 Å². The molecule has 0 radical (unpaired) electrons. The first-order valence-electron chi connectivity index (χ1n) is 8.26. The molecule has 0 atom stereocenters. The molecule has 2 aromatic heterocycles. The second kappa shape index (κ2) is 9.12. The van der Waals surface area contributed by atoms with Crippen LogP contribution in [0.5, 0.6) is 0 Å². The maximum Gasteiger partial charge on any atom is 0.248 e. The van der Waals surface area contributed by atoms with E-state index in [9.17, 15) is 9.59 Å². The molecule has 0 saturated carbocycles. The summed E-state index contributed by atoms with van der Waals surface area (Å²) in [4.78, 5) is 26.4. The van der Waals surface area contributed by atoms with Gasteiger partial charge < -0.3 is 10.6 Å². The third-order valence-corrected chi connectivity index (χ3v) is 5.25. The van der Waals surface area contributed by atoms with E-state index in [0.717, 1.165) is 15.3 Å². The van der Waals surface area contributed by atoms with Crippen LogP contribution in [-0.4, -0.2) is 11.8 Å². The molecule has 136 valence electrons. The summed E-state index contributed by atoms with van der Waals surface area (Å²) in [6, 6.07) is 13.2. The van der Waals surface area contributed by atoms with Crippen LogP contribution >= 0.6 is 22.7 Å². The van der Waals surface area contributed by atoms with Crippen LogP contribution in [-0.2, 0) is 9.59 Å². The Bertz CT molecular complexity index is 972. The Morgan fingerprint density at radius 1 is 0.815 bits per heavy atom. The van der Waals surface area contributed by atoms with Gasteiger partial charge in [-0.3, -0.25) is 9.59 Å². The second-order valence-electron chi connectivity index (χ2n) is 5.73. The Morgan fingerprint density at radius 3 is 1.89 bits per heavy atom. The number of amides is 2. The van der Waals surface area contributed by atoms with E-state index >= 15 is 0 Å². The number of thiophene rings is 2. The number of hydrogen-bond donors (Lipinski definition) is 2. The van der Waals surface area contributed by atoms with E-state index in [4.69, 9.17) is 0 Å². The fraction of sp³-hybridized carbons (Fsp3) is 0.0476. The average molecular weight is 395 g/mol. The number of carbonyl (C=O) groups excluding carboxylic acids is 2. The lowest BCUT2D eigenvalue weighted by Gasteiger charge is -2.11. The number of hydrogen-bond acceptors (Lipinski definition) is 4. The largest absolute Gasteiger partial charge is 0.321 e. The Balaban J connectivity index is 1.69. The van der Waals surface area contributed by atoms with E-state index in [-0.39, 0.29) is 11.8 Å². The molecule has 2 heterocycles. The smallest absolute Gasteiger partial charge is 0.248 e. The van der Waals surface area contributed by atoms with Crippen molar-refractivity contribution in [2.24, 2.45) is 0 Å². The molecule has 0 aliphatic heterocycles. The predicted octanol–water partition coefficient (Wildman–Crippen LogP) is 5.42. The topological polar surface area (TPSA) is 58.2 Å². The van der Waals surface area contributed by atoms with Gasteiger partial charge in [0.05, 0.1) is 11.4 Å². The van der Waals surface area contributed by atoms with Crippen LogP contribution in [0.3, 0.4) is 0 Å². The molecule has 27 heavy (non-hydrogen) atoms. The average Bonchev–Trinajstić information content (AvgIpc) is 3.34. The lowest BCUT2D eigenvalue weighted by Crippen LogP contribution is -2.13. The van der Waals surface area contributed by atoms with Gasteiger partial charge in [-0.25, -0.2) is 0 Å². The van der Waals surface area contributed by atoms with E-state index in [1.165, 1.54) is 12.2 Å². The highest BCUT2D eigenvalue weighted by atomic mass is 32.1. The van der Waals surface area contributed by atoms with Gasteiger partial charge in [-0.15, -0.1) is 22.7 Å². The van der Waals surface area contributed by atoms with E-state index < -0.39 is 0 Å². The van der Waals surface area contributed by atoms with Gasteiger partial charge in [0.15, 0.2) is 0 Å². The van der Waals surface area contributed by atoms with E-state index in [1.54, 1.807) is 40.9 Å². The quantitative estimate of drug-likeness (QED) is 0.548. The Hall–Kier alpha value is -2.96. The molecular formula is C21H18N2O2S2. The summed E-state index contributed by atoms with van der Waals surface area (Å²) >= 11 is 3.12. The molecule has 0 bridgehead atoms. The number of carbonyl (C=O) groups is 2. The van der Waals surface area contributed by atoms with Crippen molar-refractivity contribution in [3.05, 3.63) is 80.7 Å². The van der Waals surface area contributed by atoms with Crippen LogP contribution in [0.25, 0.3) is 12.2 Å². The van der Waals surface area contributed by atoms with E-state index in [1.807, 2.05) is 54.1 Å². The van der Waals surface area contributed by atoms with E-state index in [0.29, 0.717) is 11.4 Å². The molecule has 0 unspecified atom stereocenters. The first-order valence-corrected chi connectivity index (χ1v) is 10.0. The summed E-state index contributed by atoms with van der Waals surface area (Å²) in [5, 5.41) is 9.56. The fourth-order valence-corrected chi connectivity index (χ4v) is 3.54. The highest BCUT2D eigenvalue weighted by molar-refractivity contribution is 7.11. The molecule has 0 spiro atoms. The first-order chi connectivity index (χ1) is 13.1. The summed E-state index contributed by atoms with van der Waals surface area (Å²) in [6.07, 6.45) is 6.48. The molecule has 1 aromatic carbocycles. The van der Waals surface area contributed by atoms with Gasteiger partial charge in [-0.1, -0.05) is 18.2 Å². The molecule has 6 heteroatoms. The molecule has 0 saturated heterocycles. The standard InChI is InChI=1S/C21H18N2O2S2/c1-15-6-9-18(22-20(24)10-7-16-4-2-12-26-16)19(14-15)23-21(25)11-8-17-5-3-13-27-17/h2-14H,1H3,(H,22,24)(H,23,25)/b10-7-,11-8+. The van der Waals surface area contributed by atoms with Gasteiger partial charge in [0.1, 0.15) is 0 Å². The minimum atomic E-state index is -0.253. The van der Waals surface area contributed by atoms with Crippen LogP contribution in [0.4, 0.5) is 11.4 Å². The lowest BCUT2D eigenvalue weighted by molar-refractivity contribution is -0.112. The third kappa shape index (κ3) is 5.77. The van der Waals surface area contributed by atoms with Crippen LogP contribution in [0, 0.1) is 6.92 Å². The van der Waals surface area contributed by atoms with Gasteiger partial charge in [-0.05, 0) is 59.7 Å². The highest BCUT2D eigenvalue weighted by Gasteiger charge is 2.08. The molecule has 2 N–H and O–H groups in total. The summed E-state index contributed by atoms with van der Waals surface area (Å²) < 4.78 is 0. The van der Waals surface area contributed by atoms with Crippen LogP contribution < -0.4 is 10.6 Å². The maximum atomic E-state index is 12.2.